The highest BCUT2D eigenvalue weighted by molar-refractivity contribution is 6.06. The second-order valence-corrected chi connectivity index (χ2v) is 7.62. The molecule has 2 N–H and O–H groups in total. The van der Waals surface area contributed by atoms with E-state index in [9.17, 15) is 9.59 Å². The maximum Gasteiger partial charge on any atom is 0.250 e. The standard InChI is InChI=1S/C21H25N5O2/c1-25(14-16-6-10-22-11-7-16)15-19(27)26-12-8-21(9-13-26)20(28)23-17-4-2-3-5-18(17)24-21/h2-7,10-11,24H,8-9,12-15H2,1H3,(H,23,28). The summed E-state index contributed by atoms with van der Waals surface area (Å²) in [5.74, 6) is 0.0936. The topological polar surface area (TPSA) is 77.6 Å². The van der Waals surface area contributed by atoms with Gasteiger partial charge in [0.1, 0.15) is 5.54 Å². The summed E-state index contributed by atoms with van der Waals surface area (Å²) in [6.07, 6.45) is 4.73. The summed E-state index contributed by atoms with van der Waals surface area (Å²) < 4.78 is 0. The molecule has 2 amide bonds. The van der Waals surface area contributed by atoms with Crippen molar-refractivity contribution in [2.75, 3.05) is 37.3 Å². The fourth-order valence-corrected chi connectivity index (χ4v) is 3.93. The van der Waals surface area contributed by atoms with Crippen LogP contribution in [0.25, 0.3) is 0 Å². The first-order valence-electron chi connectivity index (χ1n) is 9.60. The van der Waals surface area contributed by atoms with Crippen LogP contribution in [0.15, 0.2) is 48.8 Å². The molecule has 4 rings (SSSR count). The Balaban J connectivity index is 1.34. The van der Waals surface area contributed by atoms with Crippen LogP contribution in [0.5, 0.6) is 0 Å². The van der Waals surface area contributed by atoms with Gasteiger partial charge in [0.2, 0.25) is 11.8 Å². The highest BCUT2D eigenvalue weighted by Gasteiger charge is 2.44. The van der Waals surface area contributed by atoms with E-state index in [-0.39, 0.29) is 11.8 Å². The van der Waals surface area contributed by atoms with Gasteiger partial charge in [0.15, 0.2) is 0 Å². The number of carbonyl (C=O) groups is 2. The Hall–Kier alpha value is -2.93. The number of nitrogens with one attached hydrogen (secondary N) is 2. The summed E-state index contributed by atoms with van der Waals surface area (Å²) in [5, 5.41) is 6.43. The molecule has 1 spiro atoms. The second kappa shape index (κ2) is 7.59. The fourth-order valence-electron chi connectivity index (χ4n) is 3.93. The number of likely N-dealkylation sites (tertiary alicyclic amines) is 1. The van der Waals surface area contributed by atoms with E-state index in [2.05, 4.69) is 15.6 Å². The van der Waals surface area contributed by atoms with Gasteiger partial charge in [-0.25, -0.2) is 0 Å². The first-order chi connectivity index (χ1) is 13.6. The van der Waals surface area contributed by atoms with Gasteiger partial charge < -0.3 is 15.5 Å². The first-order valence-corrected chi connectivity index (χ1v) is 9.60. The van der Waals surface area contributed by atoms with Crippen LogP contribution in [0.2, 0.25) is 0 Å². The molecule has 0 bridgehead atoms. The van der Waals surface area contributed by atoms with Crippen molar-refractivity contribution in [1.29, 1.82) is 0 Å². The lowest BCUT2D eigenvalue weighted by atomic mass is 9.84. The predicted octanol–water partition coefficient (Wildman–Crippen LogP) is 1.94. The minimum absolute atomic E-state index is 0.00639. The first kappa shape index (κ1) is 18.4. The molecule has 3 heterocycles. The number of benzene rings is 1. The van der Waals surface area contributed by atoms with Gasteiger partial charge >= 0.3 is 0 Å². The van der Waals surface area contributed by atoms with E-state index in [1.807, 2.05) is 53.2 Å². The minimum atomic E-state index is -0.631. The molecular weight excluding hydrogens is 354 g/mol. The molecule has 28 heavy (non-hydrogen) atoms. The quantitative estimate of drug-likeness (QED) is 0.849. The van der Waals surface area contributed by atoms with E-state index in [1.54, 1.807) is 12.4 Å². The Kier molecular flexibility index (Phi) is 5.00. The van der Waals surface area contributed by atoms with Crippen LogP contribution in [0.4, 0.5) is 11.4 Å². The molecule has 0 aliphatic carbocycles. The van der Waals surface area contributed by atoms with E-state index < -0.39 is 5.54 Å². The molecule has 0 atom stereocenters. The molecule has 1 aromatic carbocycles. The van der Waals surface area contributed by atoms with Crippen molar-refractivity contribution in [3.8, 4) is 0 Å². The Labute approximate surface area is 164 Å². The normalized spacial score (nSPS) is 17.8. The molecule has 7 heteroatoms. The number of piperidine rings is 1. The molecule has 1 aromatic heterocycles. The lowest BCUT2D eigenvalue weighted by Gasteiger charge is -2.44. The number of aromatic nitrogens is 1. The van der Waals surface area contributed by atoms with Crippen molar-refractivity contribution in [2.24, 2.45) is 0 Å². The summed E-state index contributed by atoms with van der Waals surface area (Å²) in [6.45, 7) is 2.21. The van der Waals surface area contributed by atoms with Gasteiger partial charge in [-0.15, -0.1) is 0 Å². The van der Waals surface area contributed by atoms with Crippen LogP contribution < -0.4 is 10.6 Å². The van der Waals surface area contributed by atoms with Gasteiger partial charge in [0.25, 0.3) is 0 Å². The number of hydrogen-bond acceptors (Lipinski definition) is 5. The molecule has 2 aromatic rings. The van der Waals surface area contributed by atoms with Gasteiger partial charge in [-0.2, -0.15) is 0 Å². The number of likely N-dealkylation sites (N-methyl/N-ethyl adjacent to an activating group) is 1. The molecule has 2 aliphatic heterocycles. The average molecular weight is 379 g/mol. The summed E-state index contributed by atoms with van der Waals surface area (Å²) >= 11 is 0. The van der Waals surface area contributed by atoms with Gasteiger partial charge in [0, 0.05) is 32.0 Å². The maximum absolute atomic E-state index is 12.7. The van der Waals surface area contributed by atoms with E-state index >= 15 is 0 Å². The van der Waals surface area contributed by atoms with Gasteiger partial charge in [-0.1, -0.05) is 12.1 Å². The van der Waals surface area contributed by atoms with Crippen LogP contribution in [0.3, 0.4) is 0 Å². The number of para-hydroxylation sites is 2. The van der Waals surface area contributed by atoms with Crippen LogP contribution >= 0.6 is 0 Å². The summed E-state index contributed by atoms with van der Waals surface area (Å²) in [5.41, 5.74) is 2.26. The predicted molar refractivity (Wildman–Crippen MR) is 108 cm³/mol. The molecule has 2 aliphatic rings. The molecule has 1 saturated heterocycles. The maximum atomic E-state index is 12.7. The van der Waals surface area contributed by atoms with Crippen molar-refractivity contribution in [2.45, 2.75) is 24.9 Å². The number of hydrogen-bond donors (Lipinski definition) is 2. The third-order valence-electron chi connectivity index (χ3n) is 5.56. The van der Waals surface area contributed by atoms with Crippen LogP contribution in [-0.4, -0.2) is 58.8 Å². The second-order valence-electron chi connectivity index (χ2n) is 7.62. The zero-order valence-corrected chi connectivity index (χ0v) is 16.0. The molecule has 0 saturated carbocycles. The summed E-state index contributed by atoms with van der Waals surface area (Å²) in [6, 6.07) is 11.6. The van der Waals surface area contributed by atoms with Gasteiger partial charge in [-0.05, 0) is 49.7 Å². The number of carbonyl (C=O) groups excluding carboxylic acids is 2. The number of rotatable bonds is 4. The summed E-state index contributed by atoms with van der Waals surface area (Å²) in [7, 11) is 1.94. The van der Waals surface area contributed by atoms with Crippen molar-refractivity contribution in [1.82, 2.24) is 14.8 Å². The third kappa shape index (κ3) is 3.71. The number of fused-ring (bicyclic) bond motifs is 1. The SMILES string of the molecule is CN(CC(=O)N1CCC2(CC1)Nc1ccccc1NC2=O)Cc1ccncc1. The van der Waals surface area contributed by atoms with Crippen molar-refractivity contribution < 1.29 is 9.59 Å². The largest absolute Gasteiger partial charge is 0.369 e. The van der Waals surface area contributed by atoms with Crippen molar-refractivity contribution >= 4 is 23.2 Å². The molecule has 146 valence electrons. The van der Waals surface area contributed by atoms with E-state index in [1.165, 1.54) is 0 Å². The van der Waals surface area contributed by atoms with Crippen LogP contribution in [0.1, 0.15) is 18.4 Å². The lowest BCUT2D eigenvalue weighted by molar-refractivity contribution is -0.135. The highest BCUT2D eigenvalue weighted by Crippen LogP contribution is 2.36. The Bertz CT molecular complexity index is 862. The Morgan fingerprint density at radius 1 is 1.14 bits per heavy atom. The van der Waals surface area contributed by atoms with Crippen LogP contribution in [-0.2, 0) is 16.1 Å². The van der Waals surface area contributed by atoms with E-state index in [0.717, 1.165) is 16.9 Å². The van der Waals surface area contributed by atoms with E-state index in [4.69, 9.17) is 0 Å². The molecule has 7 nitrogen and oxygen atoms in total. The molecule has 0 radical (unpaired) electrons. The van der Waals surface area contributed by atoms with Gasteiger partial charge in [0.05, 0.1) is 17.9 Å². The van der Waals surface area contributed by atoms with E-state index in [0.29, 0.717) is 39.0 Å². The zero-order chi connectivity index (χ0) is 19.6. The minimum Gasteiger partial charge on any atom is -0.369 e. The zero-order valence-electron chi connectivity index (χ0n) is 16.0. The fraction of sp³-hybridized carbons (Fsp3) is 0.381. The smallest absolute Gasteiger partial charge is 0.250 e. The lowest BCUT2D eigenvalue weighted by Crippen LogP contribution is -2.59. The van der Waals surface area contributed by atoms with Crippen LogP contribution in [0, 0.1) is 0 Å². The average Bonchev–Trinajstić information content (AvgIpc) is 2.70. The number of anilines is 2. The Morgan fingerprint density at radius 2 is 1.82 bits per heavy atom. The highest BCUT2D eigenvalue weighted by atomic mass is 16.2. The Morgan fingerprint density at radius 3 is 2.54 bits per heavy atom. The number of nitrogens with zero attached hydrogens (tertiary/aromatic N) is 3. The third-order valence-corrected chi connectivity index (χ3v) is 5.56. The number of amides is 2. The molecule has 1 fully saturated rings. The monoisotopic (exact) mass is 379 g/mol. The van der Waals surface area contributed by atoms with Crippen molar-refractivity contribution in [3.63, 3.8) is 0 Å². The van der Waals surface area contributed by atoms with Gasteiger partial charge in [-0.3, -0.25) is 19.5 Å². The molecule has 0 unspecified atom stereocenters. The van der Waals surface area contributed by atoms with Crippen molar-refractivity contribution in [3.05, 3.63) is 54.4 Å². The molecular formula is C21H25N5O2. The number of pyridine rings is 1. The summed E-state index contributed by atoms with van der Waals surface area (Å²) in [4.78, 5) is 33.3.